The van der Waals surface area contributed by atoms with E-state index in [1.807, 2.05) is 58.1 Å². The average molecular weight is 1980 g/mol. The van der Waals surface area contributed by atoms with Crippen molar-refractivity contribution in [2.24, 2.45) is 0 Å². The van der Waals surface area contributed by atoms with Gasteiger partial charge in [-0.1, -0.05) is 50.5 Å². The molecule has 0 aromatic heterocycles. The predicted molar refractivity (Wildman–Crippen MR) is 499 cm³/mol. The summed E-state index contributed by atoms with van der Waals surface area (Å²) in [6.45, 7) is 32.5. The van der Waals surface area contributed by atoms with Gasteiger partial charge in [-0.3, -0.25) is 4.79 Å². The first-order valence-corrected chi connectivity index (χ1v) is 51.3. The number of methoxy groups -OCH3 is 1. The molecular weight excluding hydrogens is 1830 g/mol. The summed E-state index contributed by atoms with van der Waals surface area (Å²) in [6.07, 6.45) is 16.1. The summed E-state index contributed by atoms with van der Waals surface area (Å²) in [5.74, 6) is -0.0479. The number of carbonyl (C=O) groups excluding carboxylic acids is 2. The van der Waals surface area contributed by atoms with Crippen LogP contribution in [0.1, 0.15) is 116 Å². The van der Waals surface area contributed by atoms with Gasteiger partial charge in [-0.05, 0) is 113 Å². The number of hydrogen-bond donors (Lipinski definition) is 1. The Balaban J connectivity index is 0.759. The minimum atomic E-state index is -5.25. The Kier molecular flexibility index (Phi) is 66.2. The number of ether oxygens (including phenoxy) is 24. The van der Waals surface area contributed by atoms with Gasteiger partial charge in [0, 0.05) is 74.0 Å². The molecule has 2 heterocycles. The van der Waals surface area contributed by atoms with Gasteiger partial charge in [0.25, 0.3) is 0 Å². The van der Waals surface area contributed by atoms with Gasteiger partial charge >= 0.3 is 0 Å². The monoisotopic (exact) mass is 1980 g/mol. The lowest BCUT2D eigenvalue weighted by molar-refractivity contribution is -0.438. The Bertz CT molecular complexity index is 4140. The second-order valence-corrected chi connectivity index (χ2v) is 35.9. The Morgan fingerprint density at radius 3 is 1.11 bits per heavy atom. The Labute approximate surface area is 800 Å². The van der Waals surface area contributed by atoms with Crippen LogP contribution < -0.4 is 10.2 Å². The number of nitrogens with one attached hydrogen (secondary N) is 1. The molecule has 1 atom stereocenters. The highest BCUT2D eigenvalue weighted by Gasteiger charge is 2.46. The summed E-state index contributed by atoms with van der Waals surface area (Å²) in [4.78, 5) is 24.9. The summed E-state index contributed by atoms with van der Waals surface area (Å²) in [6, 6.07) is 9.40. The molecule has 2 aliphatic heterocycles. The fourth-order valence-electron chi connectivity index (χ4n) is 14.3. The Morgan fingerprint density at radius 1 is 0.393 bits per heavy atom. The average Bonchev–Trinajstić information content (AvgIpc) is 1.56. The number of unbranched alkanes of at least 4 members (excludes halogenated alkanes) is 5. The van der Waals surface area contributed by atoms with E-state index >= 15 is 0 Å². The van der Waals surface area contributed by atoms with Crippen LogP contribution in [0.2, 0.25) is 0 Å². The van der Waals surface area contributed by atoms with Crippen molar-refractivity contribution < 1.29 is 167 Å². The zero-order chi connectivity index (χ0) is 97.5. The largest absolute Gasteiger partial charge is 0.744 e. The third kappa shape index (κ3) is 52.7. The lowest BCUT2D eigenvalue weighted by Crippen LogP contribution is -2.29. The zero-order valence-electron chi connectivity index (χ0n) is 80.5. The van der Waals surface area contributed by atoms with E-state index in [9.17, 15) is 48.5 Å². The molecule has 0 saturated heterocycles. The van der Waals surface area contributed by atoms with Crippen LogP contribution in [0.15, 0.2) is 93.2 Å². The quantitative estimate of drug-likeness (QED) is 0.0244. The summed E-state index contributed by atoms with van der Waals surface area (Å²) >= 11 is 0. The normalized spacial score (nSPS) is 14.9. The molecule has 0 aliphatic carbocycles. The minimum Gasteiger partial charge on any atom is -0.744 e. The van der Waals surface area contributed by atoms with Crippen LogP contribution in [-0.4, -0.2) is 398 Å². The van der Waals surface area contributed by atoms with E-state index in [1.165, 1.54) is 25.1 Å². The number of ketones is 1. The van der Waals surface area contributed by atoms with Crippen LogP contribution in [0.4, 0.5) is 11.4 Å². The van der Waals surface area contributed by atoms with Crippen molar-refractivity contribution in [3.8, 4) is 0 Å². The third-order valence-corrected chi connectivity index (χ3v) is 23.6. The molecule has 41 heteroatoms. The van der Waals surface area contributed by atoms with Crippen LogP contribution in [0.3, 0.4) is 0 Å². The van der Waals surface area contributed by atoms with Gasteiger partial charge in [0.1, 0.15) is 42.7 Å². The molecule has 774 valence electrons. The maximum Gasteiger partial charge on any atom is 0.220 e. The maximum atomic E-state index is 12.8. The van der Waals surface area contributed by atoms with Crippen LogP contribution in [0.25, 0.3) is 10.8 Å². The maximum absolute atomic E-state index is 12.8. The molecule has 0 saturated carbocycles. The highest BCUT2D eigenvalue weighted by atomic mass is 32.2. The molecule has 5 rings (SSSR count). The van der Waals surface area contributed by atoms with Crippen molar-refractivity contribution in [2.45, 2.75) is 131 Å². The molecule has 1 amide bonds. The second-order valence-electron chi connectivity index (χ2n) is 31.8. The van der Waals surface area contributed by atoms with E-state index in [2.05, 4.69) is 14.8 Å². The van der Waals surface area contributed by atoms with E-state index in [-0.39, 0.29) is 27.4 Å². The van der Waals surface area contributed by atoms with Crippen molar-refractivity contribution in [2.75, 3.05) is 342 Å². The molecule has 1 N–H and O–H groups in total. The smallest absolute Gasteiger partial charge is 0.220 e. The molecule has 1 unspecified atom stereocenters. The first-order chi connectivity index (χ1) is 65.5. The molecule has 135 heavy (non-hydrogen) atoms. The van der Waals surface area contributed by atoms with Crippen molar-refractivity contribution in [3.05, 3.63) is 89.7 Å². The molecule has 0 bridgehead atoms. The van der Waals surface area contributed by atoms with E-state index in [1.54, 1.807) is 19.2 Å². The number of carbonyl (C=O) groups is 2. The van der Waals surface area contributed by atoms with Gasteiger partial charge in [0.2, 0.25) is 11.6 Å². The van der Waals surface area contributed by atoms with Crippen LogP contribution in [0.5, 0.6) is 0 Å². The van der Waals surface area contributed by atoms with Gasteiger partial charge in [-0.15, -0.1) is 0 Å². The number of allylic oxidation sites excluding steroid dienone is 6. The number of benzene rings is 3. The highest BCUT2D eigenvalue weighted by molar-refractivity contribution is 7.86. The predicted octanol–water partition coefficient (Wildman–Crippen LogP) is 7.75. The number of rotatable bonds is 93. The molecule has 3 aromatic carbocycles. The number of Topliss-reactive ketones (excluding diaryl/α,β-unsaturated/α-hetero) is 1. The van der Waals surface area contributed by atoms with Gasteiger partial charge < -0.3 is 142 Å². The standard InChI is InChI=1S/C94H155N3O35S3/c1-7-8-28-97-87-25-23-83-84(77-82(134(103,104)105)79-88(83)135(106,107)108)92(87)94(5,26-16-10-12-18-80(2)98)90(97)20-14-9-13-19-89-93(3,4)85-78-81(133(100,101)102)22-24-86(85)96(89)29-17-11-15-21-91(99)95-27-30-110-33-34-112-37-38-114-41-42-116-45-46-118-49-50-120-53-54-122-57-58-124-61-62-126-65-66-128-69-70-130-73-74-132-76-75-131-72-71-129-68-67-127-64-63-125-60-59-123-56-55-121-52-51-119-48-47-117-44-43-115-40-39-113-36-35-111-32-31-109-6/h9,13-14,19-20,22-25,77-79H,7-8,10-12,15-18,21,26-76H2,1-6H3,(H3-,95,99,100,101,102,103,104,105,106,107,108)/p-2. The second kappa shape index (κ2) is 74.5. The van der Waals surface area contributed by atoms with Crippen LogP contribution >= 0.6 is 0 Å². The third-order valence-electron chi connectivity index (χ3n) is 21.1. The van der Waals surface area contributed by atoms with Crippen molar-refractivity contribution in [1.82, 2.24) is 5.32 Å². The number of hydrogen-bond acceptors (Lipinski definition) is 36. The SMILES string of the molecule is CCCCN1C(=CC=CC=CC2=[N+](CCCCCC(=O)NCCOCCOCCOCCOCCOCCOCCOCCOCCOCCOCCOCCOCCOCCOCCOCCOCCOCCOCCOCCOCCOCCOCCOCCOC)c3ccc(S(=O)(=O)[O-])cc3C2(C)C)C(C)(CCCCCC(C)=O)c2c1ccc1c(S(=O)(=O)[O-])cc(S(=O)(=O)[O-])cc21. The number of anilines is 1. The van der Waals surface area contributed by atoms with Gasteiger partial charge in [0.05, 0.1) is 331 Å². The van der Waals surface area contributed by atoms with Crippen molar-refractivity contribution >= 4 is 69.9 Å². The molecule has 2 aliphatic rings. The lowest BCUT2D eigenvalue weighted by atomic mass is 9.75. The van der Waals surface area contributed by atoms with Crippen LogP contribution in [0, 0.1) is 0 Å². The fraction of sp³-hybridized carbons (Fsp3) is 0.734. The van der Waals surface area contributed by atoms with Crippen LogP contribution in [-0.2, 0) is 164 Å². The summed E-state index contributed by atoms with van der Waals surface area (Å²) in [7, 11) is -13.6. The molecule has 0 fully saturated rings. The summed E-state index contributed by atoms with van der Waals surface area (Å²) in [5, 5.41) is 3.06. The number of amides is 1. The van der Waals surface area contributed by atoms with Crippen molar-refractivity contribution in [1.29, 1.82) is 0 Å². The lowest BCUT2D eigenvalue weighted by Gasteiger charge is -2.31. The molecule has 0 spiro atoms. The Hall–Kier alpha value is -5.48. The van der Waals surface area contributed by atoms with Gasteiger partial charge in [-0.2, -0.15) is 4.58 Å². The Morgan fingerprint density at radius 2 is 0.756 bits per heavy atom. The molecular formula is C94H153N3O35S3-2. The van der Waals surface area contributed by atoms with E-state index in [0.29, 0.717) is 411 Å². The zero-order valence-corrected chi connectivity index (χ0v) is 82.9. The highest BCUT2D eigenvalue weighted by Crippen LogP contribution is 2.54. The van der Waals surface area contributed by atoms with E-state index in [0.717, 1.165) is 36.0 Å². The van der Waals surface area contributed by atoms with E-state index in [4.69, 9.17) is 114 Å². The first kappa shape index (κ1) is 120. The fourth-order valence-corrected chi connectivity index (χ4v) is 16.1. The number of fused-ring (bicyclic) bond motifs is 4. The van der Waals surface area contributed by atoms with Crippen molar-refractivity contribution in [3.63, 3.8) is 0 Å². The van der Waals surface area contributed by atoms with Gasteiger partial charge in [-0.25, -0.2) is 25.3 Å². The van der Waals surface area contributed by atoms with E-state index < -0.39 is 51.0 Å². The molecule has 3 aromatic rings. The topological polar surface area (TPSA) is 446 Å². The minimum absolute atomic E-state index is 0.00172. The summed E-state index contributed by atoms with van der Waals surface area (Å²) < 4.78 is 247. The number of nitrogens with zero attached hydrogens (tertiary/aromatic N) is 2. The molecule has 38 nitrogen and oxygen atoms in total. The first-order valence-electron chi connectivity index (χ1n) is 47.1. The van der Waals surface area contributed by atoms with Gasteiger partial charge in [0.15, 0.2) is 5.71 Å². The molecule has 0 radical (unpaired) electrons. The summed E-state index contributed by atoms with van der Waals surface area (Å²) in [5.41, 5.74) is 2.63.